The molecule has 3 heterocycles. The standard InChI is InChI=1S/C28H29N5O3S/c1-3-36-22-9-10-23(18(2)15-22)25-20(17-33(31-25)21-7-5-4-6-8-21)16-24-27(35)30-28(37-24)32-13-11-19(12-14-32)26(29)34/h4-10,15-17,19H,3,11-14H2,1-2H3,(H2,29,34)/b24-16-. The predicted octanol–water partition coefficient (Wildman–Crippen LogP) is 4.41. The van der Waals surface area contributed by atoms with Crippen molar-refractivity contribution in [3.05, 3.63) is 70.8 Å². The van der Waals surface area contributed by atoms with Gasteiger partial charge in [-0.25, -0.2) is 4.68 Å². The van der Waals surface area contributed by atoms with Crippen LogP contribution in [0.2, 0.25) is 0 Å². The molecule has 1 saturated heterocycles. The van der Waals surface area contributed by atoms with E-state index in [4.69, 9.17) is 15.6 Å². The molecule has 0 spiro atoms. The van der Waals surface area contributed by atoms with E-state index in [1.807, 2.05) is 79.3 Å². The summed E-state index contributed by atoms with van der Waals surface area (Å²) < 4.78 is 7.49. The normalized spacial score (nSPS) is 17.4. The van der Waals surface area contributed by atoms with Gasteiger partial charge in [0.25, 0.3) is 5.91 Å². The highest BCUT2D eigenvalue weighted by Gasteiger charge is 2.31. The second-order valence-electron chi connectivity index (χ2n) is 9.10. The zero-order valence-corrected chi connectivity index (χ0v) is 21.7. The Morgan fingerprint density at radius 2 is 1.95 bits per heavy atom. The smallest absolute Gasteiger partial charge is 0.286 e. The van der Waals surface area contributed by atoms with Crippen LogP contribution in [0.15, 0.2) is 64.6 Å². The second kappa shape index (κ2) is 10.6. The number of carbonyl (C=O) groups excluding carboxylic acids is 2. The van der Waals surface area contributed by atoms with Gasteiger partial charge in [-0.05, 0) is 80.4 Å². The molecule has 1 fully saturated rings. The van der Waals surface area contributed by atoms with Crippen LogP contribution in [0.5, 0.6) is 5.75 Å². The Morgan fingerprint density at radius 3 is 2.62 bits per heavy atom. The summed E-state index contributed by atoms with van der Waals surface area (Å²) in [6.07, 6.45) is 5.16. The van der Waals surface area contributed by atoms with Crippen molar-refractivity contribution in [2.45, 2.75) is 26.7 Å². The van der Waals surface area contributed by atoms with Crippen molar-refractivity contribution in [1.29, 1.82) is 0 Å². The van der Waals surface area contributed by atoms with E-state index < -0.39 is 0 Å². The van der Waals surface area contributed by atoms with Gasteiger partial charge in [-0.1, -0.05) is 18.2 Å². The van der Waals surface area contributed by atoms with Crippen molar-refractivity contribution in [2.24, 2.45) is 16.6 Å². The van der Waals surface area contributed by atoms with E-state index in [2.05, 4.69) is 9.89 Å². The molecule has 3 aromatic rings. The lowest BCUT2D eigenvalue weighted by atomic mass is 9.97. The fraction of sp³-hybridized carbons (Fsp3) is 0.286. The minimum atomic E-state index is -0.265. The minimum absolute atomic E-state index is 0.113. The number of nitrogens with two attached hydrogens (primary N) is 1. The molecule has 2 aliphatic heterocycles. The average Bonchev–Trinajstić information content (AvgIpc) is 3.49. The Balaban J connectivity index is 1.46. The summed E-state index contributed by atoms with van der Waals surface area (Å²) in [5, 5.41) is 5.58. The Labute approximate surface area is 220 Å². The molecule has 0 unspecified atom stereocenters. The summed E-state index contributed by atoms with van der Waals surface area (Å²) in [7, 11) is 0. The maximum absolute atomic E-state index is 12.9. The third kappa shape index (κ3) is 5.32. The molecule has 5 rings (SSSR count). The molecule has 190 valence electrons. The van der Waals surface area contributed by atoms with Crippen LogP contribution in [-0.4, -0.2) is 51.4 Å². The van der Waals surface area contributed by atoms with Crippen LogP contribution in [0.1, 0.15) is 30.9 Å². The van der Waals surface area contributed by atoms with E-state index in [0.29, 0.717) is 42.6 Å². The van der Waals surface area contributed by atoms with E-state index in [1.54, 1.807) is 0 Å². The molecule has 2 aromatic carbocycles. The number of amides is 2. The van der Waals surface area contributed by atoms with Gasteiger partial charge in [-0.2, -0.15) is 10.1 Å². The maximum atomic E-state index is 12.9. The summed E-state index contributed by atoms with van der Waals surface area (Å²) in [5.74, 6) is 0.173. The first-order valence-corrected chi connectivity index (χ1v) is 13.2. The molecule has 0 atom stereocenters. The molecule has 37 heavy (non-hydrogen) atoms. The summed E-state index contributed by atoms with van der Waals surface area (Å²) >= 11 is 1.37. The number of aliphatic imine (C=N–C) groups is 1. The summed E-state index contributed by atoms with van der Waals surface area (Å²) in [5.41, 5.74) is 10.00. The molecule has 0 bridgehead atoms. The largest absolute Gasteiger partial charge is 0.494 e. The number of benzene rings is 2. The number of amidine groups is 1. The van der Waals surface area contributed by atoms with Gasteiger partial charge < -0.3 is 15.4 Å². The van der Waals surface area contributed by atoms with Crippen LogP contribution in [0, 0.1) is 12.8 Å². The maximum Gasteiger partial charge on any atom is 0.286 e. The lowest BCUT2D eigenvalue weighted by Gasteiger charge is -2.31. The van der Waals surface area contributed by atoms with Crippen LogP contribution < -0.4 is 10.5 Å². The molecule has 0 radical (unpaired) electrons. The number of carbonyl (C=O) groups is 2. The highest BCUT2D eigenvalue weighted by Crippen LogP contribution is 2.35. The molecular weight excluding hydrogens is 486 g/mol. The molecule has 0 saturated carbocycles. The Bertz CT molecular complexity index is 1390. The number of hydrogen-bond acceptors (Lipinski definition) is 6. The molecular formula is C28H29N5O3S. The van der Waals surface area contributed by atoms with E-state index in [0.717, 1.165) is 33.8 Å². The van der Waals surface area contributed by atoms with Crippen molar-refractivity contribution < 1.29 is 14.3 Å². The Kier molecular flexibility index (Phi) is 7.14. The average molecular weight is 516 g/mol. The number of hydrogen-bond donors (Lipinski definition) is 1. The van der Waals surface area contributed by atoms with Gasteiger partial charge in [0, 0.05) is 36.3 Å². The molecule has 2 aliphatic rings. The van der Waals surface area contributed by atoms with Gasteiger partial charge in [0.05, 0.1) is 17.2 Å². The Hall–Kier alpha value is -3.85. The van der Waals surface area contributed by atoms with E-state index in [1.165, 1.54) is 11.8 Å². The van der Waals surface area contributed by atoms with Gasteiger partial charge in [0.15, 0.2) is 5.17 Å². The van der Waals surface area contributed by atoms with Crippen LogP contribution >= 0.6 is 11.8 Å². The number of rotatable bonds is 6. The zero-order valence-electron chi connectivity index (χ0n) is 20.9. The fourth-order valence-corrected chi connectivity index (χ4v) is 5.56. The highest BCUT2D eigenvalue weighted by molar-refractivity contribution is 8.18. The lowest BCUT2D eigenvalue weighted by Crippen LogP contribution is -2.40. The van der Waals surface area contributed by atoms with Crippen LogP contribution in [0.3, 0.4) is 0 Å². The first kappa shape index (κ1) is 24.8. The number of likely N-dealkylation sites (tertiary alicyclic amines) is 1. The molecule has 9 heteroatoms. The number of para-hydroxylation sites is 1. The number of ether oxygens (including phenoxy) is 1. The number of aryl methyl sites for hydroxylation is 1. The third-order valence-corrected chi connectivity index (χ3v) is 7.64. The molecule has 2 amide bonds. The van der Waals surface area contributed by atoms with E-state index >= 15 is 0 Å². The fourth-order valence-electron chi connectivity index (χ4n) is 4.60. The van der Waals surface area contributed by atoms with Crippen LogP contribution in [-0.2, 0) is 9.59 Å². The number of primary amides is 1. The zero-order chi connectivity index (χ0) is 25.9. The van der Waals surface area contributed by atoms with Crippen molar-refractivity contribution in [2.75, 3.05) is 19.7 Å². The number of piperidine rings is 1. The van der Waals surface area contributed by atoms with Gasteiger partial charge in [0.2, 0.25) is 5.91 Å². The van der Waals surface area contributed by atoms with Gasteiger partial charge >= 0.3 is 0 Å². The molecule has 8 nitrogen and oxygen atoms in total. The number of nitrogens with zero attached hydrogens (tertiary/aromatic N) is 4. The second-order valence-corrected chi connectivity index (χ2v) is 10.1. The summed E-state index contributed by atoms with van der Waals surface area (Å²) in [6, 6.07) is 15.8. The number of thioether (sulfide) groups is 1. The van der Waals surface area contributed by atoms with Crippen molar-refractivity contribution in [3.8, 4) is 22.7 Å². The molecule has 1 aromatic heterocycles. The SMILES string of the molecule is CCOc1ccc(-c2nn(-c3ccccc3)cc2/C=C2\SC(N3CCC(C(N)=O)CC3)=NC2=O)c(C)c1. The first-order valence-electron chi connectivity index (χ1n) is 12.4. The Morgan fingerprint density at radius 1 is 1.19 bits per heavy atom. The van der Waals surface area contributed by atoms with Gasteiger partial charge in [0.1, 0.15) is 11.4 Å². The highest BCUT2D eigenvalue weighted by atomic mass is 32.2. The van der Waals surface area contributed by atoms with Gasteiger partial charge in [-0.3, -0.25) is 9.59 Å². The van der Waals surface area contributed by atoms with Gasteiger partial charge in [-0.15, -0.1) is 0 Å². The summed E-state index contributed by atoms with van der Waals surface area (Å²) in [4.78, 5) is 31.3. The van der Waals surface area contributed by atoms with Crippen molar-refractivity contribution >= 4 is 34.8 Å². The summed E-state index contributed by atoms with van der Waals surface area (Å²) in [6.45, 7) is 5.90. The minimum Gasteiger partial charge on any atom is -0.494 e. The molecule has 2 N–H and O–H groups in total. The monoisotopic (exact) mass is 515 g/mol. The van der Waals surface area contributed by atoms with Crippen molar-refractivity contribution in [1.82, 2.24) is 14.7 Å². The lowest BCUT2D eigenvalue weighted by molar-refractivity contribution is -0.123. The topological polar surface area (TPSA) is 103 Å². The predicted molar refractivity (Wildman–Crippen MR) is 146 cm³/mol. The van der Waals surface area contributed by atoms with Crippen molar-refractivity contribution in [3.63, 3.8) is 0 Å². The van der Waals surface area contributed by atoms with Crippen LogP contribution in [0.25, 0.3) is 23.0 Å². The van der Waals surface area contributed by atoms with E-state index in [9.17, 15) is 9.59 Å². The quantitative estimate of drug-likeness (QED) is 0.488. The number of aromatic nitrogens is 2. The van der Waals surface area contributed by atoms with Crippen LogP contribution in [0.4, 0.5) is 0 Å². The first-order chi connectivity index (χ1) is 17.9. The third-order valence-electron chi connectivity index (χ3n) is 6.59. The van der Waals surface area contributed by atoms with E-state index in [-0.39, 0.29) is 17.7 Å². The molecule has 0 aliphatic carbocycles.